The minimum absolute atomic E-state index is 0.565. The summed E-state index contributed by atoms with van der Waals surface area (Å²) >= 11 is 0. The summed E-state index contributed by atoms with van der Waals surface area (Å²) in [7, 11) is 0. The zero-order valence-corrected chi connectivity index (χ0v) is 15.0. The number of benzene rings is 1. The normalized spacial score (nSPS) is 19.0. The summed E-state index contributed by atoms with van der Waals surface area (Å²) in [4.78, 5) is 12.2. The number of rotatable bonds is 4. The molecule has 132 valence electrons. The van der Waals surface area contributed by atoms with Crippen LogP contribution < -0.4 is 10.2 Å². The largest absolute Gasteiger partial charge is 0.367 e. The van der Waals surface area contributed by atoms with Gasteiger partial charge in [-0.05, 0) is 25.7 Å². The van der Waals surface area contributed by atoms with Crippen molar-refractivity contribution in [2.24, 2.45) is 0 Å². The fourth-order valence-corrected chi connectivity index (χ4v) is 3.96. The monoisotopic (exact) mass is 336 g/mol. The topological polar surface area (TPSA) is 41.1 Å². The first-order valence-corrected chi connectivity index (χ1v) is 9.84. The lowest BCUT2D eigenvalue weighted by molar-refractivity contribution is 0.726. The molecule has 1 N–H and O–H groups in total. The van der Waals surface area contributed by atoms with Gasteiger partial charge in [0.05, 0.1) is 5.69 Å². The molecule has 4 rings (SSSR count). The van der Waals surface area contributed by atoms with Crippen LogP contribution in [-0.2, 0) is 0 Å². The molecule has 2 fully saturated rings. The van der Waals surface area contributed by atoms with E-state index in [0.29, 0.717) is 6.04 Å². The highest BCUT2D eigenvalue weighted by atomic mass is 15.3. The number of aromatic nitrogens is 2. The number of hydrogen-bond donors (Lipinski definition) is 1. The maximum absolute atomic E-state index is 4.92. The summed E-state index contributed by atoms with van der Waals surface area (Å²) in [5.41, 5.74) is 2.19. The lowest BCUT2D eigenvalue weighted by atomic mass is 10.1. The standard InChI is InChI=1S/C21H28N4/c1-2-9-15-25(14-8-1)21-23-19(17-10-4-3-5-11-17)16-20(24-21)22-18-12-6-7-13-18/h3-5,10-11,16,18H,1-2,6-9,12-15H2,(H,22,23,24). The lowest BCUT2D eigenvalue weighted by Crippen LogP contribution is -2.27. The third kappa shape index (κ3) is 4.12. The van der Waals surface area contributed by atoms with Crippen LogP contribution in [0.1, 0.15) is 51.4 Å². The van der Waals surface area contributed by atoms with Gasteiger partial charge in [-0.2, -0.15) is 4.98 Å². The summed E-state index contributed by atoms with van der Waals surface area (Å²) in [5.74, 6) is 1.88. The second-order valence-electron chi connectivity index (χ2n) is 7.33. The van der Waals surface area contributed by atoms with Crippen LogP contribution in [0.3, 0.4) is 0 Å². The molecule has 2 aliphatic rings. The van der Waals surface area contributed by atoms with Crippen LogP contribution in [0.15, 0.2) is 36.4 Å². The SMILES string of the molecule is c1ccc(-c2cc(NC3CCCC3)nc(N3CCCCCC3)n2)cc1. The molecular formula is C21H28N4. The van der Waals surface area contributed by atoms with Crippen molar-refractivity contribution in [3.8, 4) is 11.3 Å². The van der Waals surface area contributed by atoms with E-state index in [1.807, 2.05) is 0 Å². The van der Waals surface area contributed by atoms with Gasteiger partial charge in [-0.25, -0.2) is 4.98 Å². The molecule has 0 amide bonds. The summed E-state index contributed by atoms with van der Waals surface area (Å²) < 4.78 is 0. The van der Waals surface area contributed by atoms with Gasteiger partial charge in [0.2, 0.25) is 5.95 Å². The first-order valence-electron chi connectivity index (χ1n) is 9.84. The number of nitrogens with one attached hydrogen (secondary N) is 1. The zero-order chi connectivity index (χ0) is 16.9. The molecule has 0 bridgehead atoms. The van der Waals surface area contributed by atoms with E-state index in [1.165, 1.54) is 51.4 Å². The van der Waals surface area contributed by atoms with E-state index >= 15 is 0 Å². The molecule has 1 aromatic carbocycles. The number of anilines is 2. The highest BCUT2D eigenvalue weighted by molar-refractivity contribution is 5.64. The third-order valence-corrected chi connectivity index (χ3v) is 5.38. The smallest absolute Gasteiger partial charge is 0.227 e. The minimum atomic E-state index is 0.565. The van der Waals surface area contributed by atoms with Crippen molar-refractivity contribution in [3.63, 3.8) is 0 Å². The highest BCUT2D eigenvalue weighted by Gasteiger charge is 2.18. The lowest BCUT2D eigenvalue weighted by Gasteiger charge is -2.22. The first kappa shape index (κ1) is 16.4. The molecule has 1 saturated heterocycles. The molecule has 0 radical (unpaired) electrons. The predicted molar refractivity (Wildman–Crippen MR) is 104 cm³/mol. The number of nitrogens with zero attached hydrogens (tertiary/aromatic N) is 3. The quantitative estimate of drug-likeness (QED) is 0.864. The van der Waals surface area contributed by atoms with Crippen molar-refractivity contribution < 1.29 is 0 Å². The Balaban J connectivity index is 1.66. The van der Waals surface area contributed by atoms with Gasteiger partial charge in [-0.1, -0.05) is 56.0 Å². The van der Waals surface area contributed by atoms with E-state index in [-0.39, 0.29) is 0 Å². The van der Waals surface area contributed by atoms with E-state index in [2.05, 4.69) is 46.6 Å². The molecular weight excluding hydrogens is 308 g/mol. The molecule has 1 aliphatic carbocycles. The Bertz CT molecular complexity index is 672. The summed E-state index contributed by atoms with van der Waals surface area (Å²) in [6.45, 7) is 2.14. The third-order valence-electron chi connectivity index (χ3n) is 5.38. The molecule has 0 atom stereocenters. The van der Waals surface area contributed by atoms with Crippen LogP contribution in [0.2, 0.25) is 0 Å². The second-order valence-corrected chi connectivity index (χ2v) is 7.33. The first-order chi connectivity index (χ1) is 12.4. The molecule has 0 spiro atoms. The minimum Gasteiger partial charge on any atom is -0.367 e. The maximum Gasteiger partial charge on any atom is 0.227 e. The Morgan fingerprint density at radius 3 is 2.28 bits per heavy atom. The van der Waals surface area contributed by atoms with E-state index in [0.717, 1.165) is 36.1 Å². The van der Waals surface area contributed by atoms with Crippen LogP contribution in [0.4, 0.5) is 11.8 Å². The Morgan fingerprint density at radius 1 is 0.840 bits per heavy atom. The van der Waals surface area contributed by atoms with Gasteiger partial charge in [0, 0.05) is 30.8 Å². The van der Waals surface area contributed by atoms with Crippen molar-refractivity contribution in [1.82, 2.24) is 9.97 Å². The van der Waals surface area contributed by atoms with Gasteiger partial charge in [0.15, 0.2) is 0 Å². The molecule has 2 heterocycles. The van der Waals surface area contributed by atoms with Crippen LogP contribution in [0.25, 0.3) is 11.3 Å². The van der Waals surface area contributed by atoms with Crippen LogP contribution in [0.5, 0.6) is 0 Å². The average molecular weight is 336 g/mol. The van der Waals surface area contributed by atoms with E-state index in [1.54, 1.807) is 0 Å². The Morgan fingerprint density at radius 2 is 1.56 bits per heavy atom. The van der Waals surface area contributed by atoms with Gasteiger partial charge in [0.1, 0.15) is 5.82 Å². The molecule has 4 nitrogen and oxygen atoms in total. The van der Waals surface area contributed by atoms with Crippen molar-refractivity contribution in [3.05, 3.63) is 36.4 Å². The predicted octanol–water partition coefficient (Wildman–Crippen LogP) is 4.88. The van der Waals surface area contributed by atoms with Gasteiger partial charge < -0.3 is 10.2 Å². The molecule has 1 saturated carbocycles. The second kappa shape index (κ2) is 7.85. The van der Waals surface area contributed by atoms with E-state index in [4.69, 9.17) is 9.97 Å². The van der Waals surface area contributed by atoms with Gasteiger partial charge in [0.25, 0.3) is 0 Å². The average Bonchev–Trinajstić information content (AvgIpc) is 3.01. The summed E-state index contributed by atoms with van der Waals surface area (Å²) in [6, 6.07) is 13.2. The Hall–Kier alpha value is -2.10. The molecule has 4 heteroatoms. The Kier molecular flexibility index (Phi) is 5.14. The maximum atomic E-state index is 4.92. The van der Waals surface area contributed by atoms with Crippen molar-refractivity contribution in [1.29, 1.82) is 0 Å². The van der Waals surface area contributed by atoms with Crippen LogP contribution in [0, 0.1) is 0 Å². The highest BCUT2D eigenvalue weighted by Crippen LogP contribution is 2.27. The van der Waals surface area contributed by atoms with Gasteiger partial charge >= 0.3 is 0 Å². The van der Waals surface area contributed by atoms with E-state index < -0.39 is 0 Å². The van der Waals surface area contributed by atoms with Crippen molar-refractivity contribution in [2.45, 2.75) is 57.4 Å². The Labute approximate surface area is 150 Å². The van der Waals surface area contributed by atoms with E-state index in [9.17, 15) is 0 Å². The molecule has 0 unspecified atom stereocenters. The van der Waals surface area contributed by atoms with Gasteiger partial charge in [-0.3, -0.25) is 0 Å². The molecule has 25 heavy (non-hydrogen) atoms. The summed E-state index contributed by atoms with van der Waals surface area (Å²) in [6.07, 6.45) is 10.3. The molecule has 1 aliphatic heterocycles. The van der Waals surface area contributed by atoms with Gasteiger partial charge in [-0.15, -0.1) is 0 Å². The van der Waals surface area contributed by atoms with Crippen LogP contribution in [-0.4, -0.2) is 29.1 Å². The molecule has 1 aromatic heterocycles. The zero-order valence-electron chi connectivity index (χ0n) is 15.0. The van der Waals surface area contributed by atoms with Crippen molar-refractivity contribution in [2.75, 3.05) is 23.3 Å². The number of hydrogen-bond acceptors (Lipinski definition) is 4. The van der Waals surface area contributed by atoms with Crippen LogP contribution >= 0.6 is 0 Å². The fourth-order valence-electron chi connectivity index (χ4n) is 3.96. The van der Waals surface area contributed by atoms with Crippen molar-refractivity contribution >= 4 is 11.8 Å². The summed E-state index contributed by atoms with van der Waals surface area (Å²) in [5, 5.41) is 3.67. The fraction of sp³-hybridized carbons (Fsp3) is 0.524. The molecule has 2 aromatic rings.